The van der Waals surface area contributed by atoms with Gasteiger partial charge in [0, 0.05) is 18.0 Å². The van der Waals surface area contributed by atoms with Gasteiger partial charge in [-0.25, -0.2) is 0 Å². The Kier molecular flexibility index (Phi) is 5.21. The van der Waals surface area contributed by atoms with Gasteiger partial charge >= 0.3 is 0 Å². The Morgan fingerprint density at radius 2 is 1.88 bits per heavy atom. The third kappa shape index (κ3) is 3.79. The van der Waals surface area contributed by atoms with Crippen molar-refractivity contribution >= 4 is 17.3 Å². The lowest BCUT2D eigenvalue weighted by Gasteiger charge is -2.34. The minimum atomic E-state index is 0.159. The van der Waals surface area contributed by atoms with Crippen molar-refractivity contribution in [2.75, 3.05) is 13.1 Å². The SMILES string of the molecule is CC(C)c1ccc(C(CN=C(N)N)N2CCc3sccc3C2)cc1. The van der Waals surface area contributed by atoms with Gasteiger partial charge in [0.25, 0.3) is 0 Å². The Bertz CT molecular complexity index is 698. The first-order chi connectivity index (χ1) is 11.5. The van der Waals surface area contributed by atoms with E-state index in [2.05, 4.69) is 59.5 Å². The number of fused-ring (bicyclic) bond motifs is 1. The summed E-state index contributed by atoms with van der Waals surface area (Å²) in [5, 5.41) is 2.19. The summed E-state index contributed by atoms with van der Waals surface area (Å²) in [7, 11) is 0. The average molecular weight is 343 g/mol. The van der Waals surface area contributed by atoms with Crippen molar-refractivity contribution in [3.63, 3.8) is 0 Å². The Labute approximate surface area is 148 Å². The van der Waals surface area contributed by atoms with Crippen molar-refractivity contribution in [1.29, 1.82) is 0 Å². The van der Waals surface area contributed by atoms with E-state index in [4.69, 9.17) is 11.5 Å². The zero-order valence-corrected chi connectivity index (χ0v) is 15.2. The molecule has 1 aromatic carbocycles. The van der Waals surface area contributed by atoms with E-state index in [9.17, 15) is 0 Å². The van der Waals surface area contributed by atoms with E-state index in [1.807, 2.05) is 11.3 Å². The zero-order chi connectivity index (χ0) is 17.1. The predicted octanol–water partition coefficient (Wildman–Crippen LogP) is 3.24. The van der Waals surface area contributed by atoms with E-state index in [0.717, 1.165) is 19.5 Å². The smallest absolute Gasteiger partial charge is 0.185 e. The molecular formula is C19H26N4S. The lowest BCUT2D eigenvalue weighted by Crippen LogP contribution is -2.36. The molecule has 2 heterocycles. The van der Waals surface area contributed by atoms with Crippen LogP contribution in [-0.4, -0.2) is 23.9 Å². The van der Waals surface area contributed by atoms with E-state index < -0.39 is 0 Å². The molecule has 5 heteroatoms. The van der Waals surface area contributed by atoms with Crippen LogP contribution in [0.1, 0.15) is 47.4 Å². The monoisotopic (exact) mass is 342 g/mol. The van der Waals surface area contributed by atoms with Crippen LogP contribution in [-0.2, 0) is 13.0 Å². The quantitative estimate of drug-likeness (QED) is 0.647. The number of hydrogen-bond donors (Lipinski definition) is 2. The molecular weight excluding hydrogens is 316 g/mol. The second kappa shape index (κ2) is 7.36. The Morgan fingerprint density at radius 1 is 1.17 bits per heavy atom. The summed E-state index contributed by atoms with van der Waals surface area (Å²) in [6.45, 7) is 7.05. The third-order valence-corrected chi connectivity index (χ3v) is 5.74. The maximum atomic E-state index is 5.58. The summed E-state index contributed by atoms with van der Waals surface area (Å²) >= 11 is 1.86. The topological polar surface area (TPSA) is 67.6 Å². The van der Waals surface area contributed by atoms with Crippen molar-refractivity contribution in [3.05, 3.63) is 57.3 Å². The Hall–Kier alpha value is -1.85. The number of nitrogens with two attached hydrogens (primary N) is 2. The van der Waals surface area contributed by atoms with Crippen molar-refractivity contribution in [1.82, 2.24) is 4.90 Å². The van der Waals surface area contributed by atoms with E-state index in [1.54, 1.807) is 0 Å². The minimum Gasteiger partial charge on any atom is -0.370 e. The fourth-order valence-corrected chi connectivity index (χ4v) is 4.15. The highest BCUT2D eigenvalue weighted by Gasteiger charge is 2.25. The van der Waals surface area contributed by atoms with Crippen LogP contribution in [0.5, 0.6) is 0 Å². The second-order valence-electron chi connectivity index (χ2n) is 6.69. The molecule has 0 fully saturated rings. The van der Waals surface area contributed by atoms with E-state index >= 15 is 0 Å². The molecule has 0 amide bonds. The van der Waals surface area contributed by atoms with Gasteiger partial charge in [-0.05, 0) is 40.5 Å². The fraction of sp³-hybridized carbons (Fsp3) is 0.421. The Morgan fingerprint density at radius 3 is 2.54 bits per heavy atom. The first-order valence-corrected chi connectivity index (χ1v) is 9.37. The highest BCUT2D eigenvalue weighted by molar-refractivity contribution is 7.10. The summed E-state index contributed by atoms with van der Waals surface area (Å²) in [5.74, 6) is 0.700. The van der Waals surface area contributed by atoms with Crippen LogP contribution >= 0.6 is 11.3 Å². The van der Waals surface area contributed by atoms with E-state index in [-0.39, 0.29) is 12.0 Å². The van der Waals surface area contributed by atoms with Crippen LogP contribution in [0.4, 0.5) is 0 Å². The molecule has 128 valence electrons. The number of benzene rings is 1. The number of rotatable bonds is 5. The molecule has 1 aliphatic heterocycles. The van der Waals surface area contributed by atoms with Gasteiger partial charge in [0.15, 0.2) is 5.96 Å². The molecule has 4 nitrogen and oxygen atoms in total. The predicted molar refractivity (Wildman–Crippen MR) is 102 cm³/mol. The highest BCUT2D eigenvalue weighted by atomic mass is 32.1. The van der Waals surface area contributed by atoms with Crippen LogP contribution in [0.2, 0.25) is 0 Å². The highest BCUT2D eigenvalue weighted by Crippen LogP contribution is 2.31. The van der Waals surface area contributed by atoms with Crippen LogP contribution in [0.15, 0.2) is 40.7 Å². The van der Waals surface area contributed by atoms with Crippen molar-refractivity contribution in [2.45, 2.75) is 38.8 Å². The molecule has 1 atom stereocenters. The maximum absolute atomic E-state index is 5.58. The lowest BCUT2D eigenvalue weighted by molar-refractivity contribution is 0.185. The molecule has 0 bridgehead atoms. The van der Waals surface area contributed by atoms with Crippen LogP contribution in [0.3, 0.4) is 0 Å². The van der Waals surface area contributed by atoms with Crippen LogP contribution in [0.25, 0.3) is 0 Å². The van der Waals surface area contributed by atoms with E-state index in [0.29, 0.717) is 12.5 Å². The van der Waals surface area contributed by atoms with Crippen molar-refractivity contribution in [2.24, 2.45) is 16.5 Å². The van der Waals surface area contributed by atoms with Crippen LogP contribution < -0.4 is 11.5 Å². The number of nitrogens with zero attached hydrogens (tertiary/aromatic N) is 2. The standard InChI is InChI=1S/C19H26N4S/c1-13(2)14-3-5-15(6-4-14)17(11-22-19(20)21)23-9-7-18-16(12-23)8-10-24-18/h3-6,8,10,13,17H,7,9,11-12H2,1-2H3,(H4,20,21,22). The van der Waals surface area contributed by atoms with Crippen molar-refractivity contribution in [3.8, 4) is 0 Å². The first-order valence-electron chi connectivity index (χ1n) is 8.49. The molecule has 1 aliphatic rings. The fourth-order valence-electron chi connectivity index (χ4n) is 3.26. The summed E-state index contributed by atoms with van der Waals surface area (Å²) in [6, 6.07) is 11.4. The molecule has 4 N–H and O–H groups in total. The van der Waals surface area contributed by atoms with Crippen molar-refractivity contribution < 1.29 is 0 Å². The van der Waals surface area contributed by atoms with Crippen LogP contribution in [0, 0.1) is 0 Å². The largest absolute Gasteiger partial charge is 0.370 e. The summed E-state index contributed by atoms with van der Waals surface area (Å²) in [4.78, 5) is 8.32. The van der Waals surface area contributed by atoms with Gasteiger partial charge in [0.2, 0.25) is 0 Å². The van der Waals surface area contributed by atoms with E-state index in [1.165, 1.54) is 21.6 Å². The molecule has 0 spiro atoms. The third-order valence-electron chi connectivity index (χ3n) is 4.71. The minimum absolute atomic E-state index is 0.159. The molecule has 0 aliphatic carbocycles. The molecule has 2 aromatic rings. The number of guanidine groups is 1. The summed E-state index contributed by atoms with van der Waals surface area (Å²) in [5.41, 5.74) is 15.3. The first kappa shape index (κ1) is 17.0. The molecule has 0 saturated heterocycles. The number of hydrogen-bond acceptors (Lipinski definition) is 3. The maximum Gasteiger partial charge on any atom is 0.185 e. The zero-order valence-electron chi connectivity index (χ0n) is 14.4. The molecule has 0 saturated carbocycles. The molecule has 1 unspecified atom stereocenters. The summed E-state index contributed by atoms with van der Waals surface area (Å²) < 4.78 is 0. The van der Waals surface area contributed by atoms with Gasteiger partial charge in [0.1, 0.15) is 0 Å². The second-order valence-corrected chi connectivity index (χ2v) is 7.69. The van der Waals surface area contributed by atoms with Gasteiger partial charge in [0.05, 0.1) is 12.6 Å². The average Bonchev–Trinajstić information content (AvgIpc) is 3.03. The van der Waals surface area contributed by atoms with Gasteiger partial charge < -0.3 is 11.5 Å². The molecule has 0 radical (unpaired) electrons. The van der Waals surface area contributed by atoms with Gasteiger partial charge in [-0.15, -0.1) is 11.3 Å². The van der Waals surface area contributed by atoms with Gasteiger partial charge in [-0.1, -0.05) is 38.1 Å². The van der Waals surface area contributed by atoms with Gasteiger partial charge in [-0.3, -0.25) is 9.89 Å². The molecule has 3 rings (SSSR count). The Balaban J connectivity index is 1.85. The molecule has 1 aromatic heterocycles. The summed E-state index contributed by atoms with van der Waals surface area (Å²) in [6.07, 6.45) is 1.11. The molecule has 24 heavy (non-hydrogen) atoms. The number of aliphatic imine (C=N–C) groups is 1. The lowest BCUT2D eigenvalue weighted by atomic mass is 9.97. The van der Waals surface area contributed by atoms with Gasteiger partial charge in [-0.2, -0.15) is 0 Å². The number of thiophene rings is 1. The normalized spacial score (nSPS) is 16.0.